The van der Waals surface area contributed by atoms with Crippen LogP contribution in [-0.2, 0) is 19.3 Å². The molecule has 0 radical (unpaired) electrons. The minimum absolute atomic E-state index is 0.0408. The number of halogens is 3. The Hall–Kier alpha value is -1.90. The molecule has 0 saturated carbocycles. The van der Waals surface area contributed by atoms with Crippen molar-refractivity contribution in [2.75, 3.05) is 13.6 Å². The first-order valence-electron chi connectivity index (χ1n) is 6.85. The van der Waals surface area contributed by atoms with Crippen LogP contribution in [0.25, 0.3) is 0 Å². The second-order valence-corrected chi connectivity index (χ2v) is 5.25. The third-order valence-corrected chi connectivity index (χ3v) is 3.14. The summed E-state index contributed by atoms with van der Waals surface area (Å²) in [5, 5.41) is 7.28. The van der Waals surface area contributed by atoms with E-state index in [2.05, 4.69) is 19.8 Å². The lowest BCUT2D eigenvalue weighted by molar-refractivity contribution is -0.146. The van der Waals surface area contributed by atoms with E-state index in [1.54, 1.807) is 7.05 Å². The summed E-state index contributed by atoms with van der Waals surface area (Å²) in [6.45, 7) is 5.54. The maximum Gasteiger partial charge on any atom is 0.455 e. The molecule has 0 spiro atoms. The van der Waals surface area contributed by atoms with Crippen molar-refractivity contribution < 1.29 is 17.7 Å². The van der Waals surface area contributed by atoms with E-state index < -0.39 is 12.0 Å². The highest BCUT2D eigenvalue weighted by Crippen LogP contribution is 2.26. The third-order valence-electron chi connectivity index (χ3n) is 3.14. The van der Waals surface area contributed by atoms with Crippen LogP contribution in [0.3, 0.4) is 0 Å². The molecule has 2 heterocycles. The van der Waals surface area contributed by atoms with Gasteiger partial charge in [0.05, 0.1) is 12.2 Å². The van der Waals surface area contributed by atoms with E-state index in [9.17, 15) is 13.2 Å². The molecule has 0 unspecified atom stereocenters. The topological polar surface area (TPSA) is 60.0 Å². The van der Waals surface area contributed by atoms with Gasteiger partial charge in [0.2, 0.25) is 5.89 Å². The maximum atomic E-state index is 12.4. The average Bonchev–Trinajstić information content (AvgIpc) is 2.96. The molecule has 6 nitrogen and oxygen atoms in total. The summed E-state index contributed by atoms with van der Waals surface area (Å²) < 4.78 is 43.6. The van der Waals surface area contributed by atoms with Crippen LogP contribution >= 0.6 is 0 Å². The predicted molar refractivity (Wildman–Crippen MR) is 72.0 cm³/mol. The fourth-order valence-electron chi connectivity index (χ4n) is 2.14. The molecule has 0 amide bonds. The van der Waals surface area contributed by atoms with Crippen LogP contribution in [-0.4, -0.2) is 38.4 Å². The normalized spacial score (nSPS) is 12.3. The molecule has 0 aromatic carbocycles. The number of aromatic nitrogens is 4. The fourth-order valence-corrected chi connectivity index (χ4v) is 2.14. The van der Waals surface area contributed by atoms with Crippen molar-refractivity contribution in [2.45, 2.75) is 39.5 Å². The van der Waals surface area contributed by atoms with Gasteiger partial charge in [0.25, 0.3) is 5.82 Å². The van der Waals surface area contributed by atoms with Gasteiger partial charge in [-0.2, -0.15) is 23.3 Å². The van der Waals surface area contributed by atoms with E-state index in [0.717, 1.165) is 24.4 Å². The first-order valence-corrected chi connectivity index (χ1v) is 6.85. The van der Waals surface area contributed by atoms with Crippen molar-refractivity contribution in [2.24, 2.45) is 0 Å². The lowest BCUT2D eigenvalue weighted by Gasteiger charge is -2.14. The SMILES string of the molecule is Cc1cc(C)n(CCCN(C)Cc2nc(C(F)(F)F)no2)n1. The van der Waals surface area contributed by atoms with Gasteiger partial charge in [-0.15, -0.1) is 0 Å². The Kier molecular flexibility index (Phi) is 4.84. The summed E-state index contributed by atoms with van der Waals surface area (Å²) in [7, 11) is 1.79. The van der Waals surface area contributed by atoms with E-state index in [1.165, 1.54) is 0 Å². The van der Waals surface area contributed by atoms with Crippen LogP contribution in [0.4, 0.5) is 13.2 Å². The predicted octanol–water partition coefficient (Wildman–Crippen LogP) is 2.42. The van der Waals surface area contributed by atoms with Crippen molar-refractivity contribution >= 4 is 0 Å². The van der Waals surface area contributed by atoms with Crippen molar-refractivity contribution in [3.8, 4) is 0 Å². The first-order chi connectivity index (χ1) is 10.3. The minimum atomic E-state index is -4.57. The van der Waals surface area contributed by atoms with Gasteiger partial charge in [-0.3, -0.25) is 9.58 Å². The molecular weight excluding hydrogens is 299 g/mol. The van der Waals surface area contributed by atoms with E-state index in [-0.39, 0.29) is 12.4 Å². The quantitative estimate of drug-likeness (QED) is 0.819. The van der Waals surface area contributed by atoms with Crippen LogP contribution in [0, 0.1) is 13.8 Å². The molecule has 0 aliphatic carbocycles. The molecule has 9 heteroatoms. The number of alkyl halides is 3. The zero-order valence-corrected chi connectivity index (χ0v) is 12.7. The molecule has 0 atom stereocenters. The van der Waals surface area contributed by atoms with E-state index in [4.69, 9.17) is 0 Å². The molecule has 0 fully saturated rings. The molecular formula is C13H18F3N5O. The highest BCUT2D eigenvalue weighted by molar-refractivity contribution is 5.06. The summed E-state index contributed by atoms with van der Waals surface area (Å²) in [5.41, 5.74) is 2.06. The number of rotatable bonds is 6. The number of hydrogen-bond donors (Lipinski definition) is 0. The molecule has 122 valence electrons. The molecule has 0 aliphatic rings. The van der Waals surface area contributed by atoms with Gasteiger partial charge in [-0.25, -0.2) is 0 Å². The highest BCUT2D eigenvalue weighted by atomic mass is 19.4. The van der Waals surface area contributed by atoms with Crippen molar-refractivity contribution in [1.29, 1.82) is 0 Å². The summed E-state index contributed by atoms with van der Waals surface area (Å²) >= 11 is 0. The Morgan fingerprint density at radius 1 is 1.32 bits per heavy atom. The minimum Gasteiger partial charge on any atom is -0.338 e. The van der Waals surface area contributed by atoms with Crippen LogP contribution in [0.1, 0.15) is 29.5 Å². The van der Waals surface area contributed by atoms with E-state index in [1.807, 2.05) is 29.5 Å². The molecule has 0 saturated heterocycles. The van der Waals surface area contributed by atoms with Gasteiger partial charge in [0.15, 0.2) is 0 Å². The smallest absolute Gasteiger partial charge is 0.338 e. The van der Waals surface area contributed by atoms with Crippen LogP contribution in [0.15, 0.2) is 10.6 Å². The Bertz CT molecular complexity index is 619. The molecule has 22 heavy (non-hydrogen) atoms. The molecule has 0 N–H and O–H groups in total. The Labute approximate surface area is 125 Å². The zero-order chi connectivity index (χ0) is 16.3. The van der Waals surface area contributed by atoms with Gasteiger partial charge < -0.3 is 4.52 Å². The zero-order valence-electron chi connectivity index (χ0n) is 12.7. The summed E-state index contributed by atoms with van der Waals surface area (Å²) in [5.74, 6) is -1.28. The summed E-state index contributed by atoms with van der Waals surface area (Å²) in [6.07, 6.45) is -3.76. The van der Waals surface area contributed by atoms with Crippen molar-refractivity contribution in [1.82, 2.24) is 24.8 Å². The fraction of sp³-hybridized carbons (Fsp3) is 0.615. The number of hydrogen-bond acceptors (Lipinski definition) is 5. The number of aryl methyl sites for hydroxylation is 3. The molecule has 2 aromatic rings. The van der Waals surface area contributed by atoms with Crippen LogP contribution < -0.4 is 0 Å². The summed E-state index contributed by atoms with van der Waals surface area (Å²) in [4.78, 5) is 5.18. The van der Waals surface area contributed by atoms with Crippen LogP contribution in [0.5, 0.6) is 0 Å². The lowest BCUT2D eigenvalue weighted by atomic mass is 10.3. The monoisotopic (exact) mass is 317 g/mol. The molecule has 2 rings (SSSR count). The molecule has 0 aliphatic heterocycles. The van der Waals surface area contributed by atoms with E-state index in [0.29, 0.717) is 6.54 Å². The van der Waals surface area contributed by atoms with Gasteiger partial charge in [-0.1, -0.05) is 5.16 Å². The Morgan fingerprint density at radius 2 is 2.05 bits per heavy atom. The van der Waals surface area contributed by atoms with Gasteiger partial charge in [-0.05, 0) is 33.4 Å². The number of nitrogens with zero attached hydrogens (tertiary/aromatic N) is 5. The van der Waals surface area contributed by atoms with Gasteiger partial charge in [0, 0.05) is 18.8 Å². The molecule has 2 aromatic heterocycles. The highest BCUT2D eigenvalue weighted by Gasteiger charge is 2.37. The molecule has 0 bridgehead atoms. The third kappa shape index (κ3) is 4.30. The maximum absolute atomic E-state index is 12.4. The van der Waals surface area contributed by atoms with Crippen molar-refractivity contribution in [3.05, 3.63) is 29.2 Å². The van der Waals surface area contributed by atoms with Crippen LogP contribution in [0.2, 0.25) is 0 Å². The largest absolute Gasteiger partial charge is 0.455 e. The Morgan fingerprint density at radius 3 is 2.59 bits per heavy atom. The second kappa shape index (κ2) is 6.47. The van der Waals surface area contributed by atoms with Gasteiger partial charge >= 0.3 is 6.18 Å². The second-order valence-electron chi connectivity index (χ2n) is 5.25. The van der Waals surface area contributed by atoms with Gasteiger partial charge in [0.1, 0.15) is 0 Å². The Balaban J connectivity index is 1.79. The van der Waals surface area contributed by atoms with Crippen molar-refractivity contribution in [3.63, 3.8) is 0 Å². The first kappa shape index (κ1) is 16.5. The summed E-state index contributed by atoms with van der Waals surface area (Å²) in [6, 6.07) is 2.00. The average molecular weight is 317 g/mol. The lowest BCUT2D eigenvalue weighted by Crippen LogP contribution is -2.21. The standard InChI is InChI=1S/C13H18F3N5O/c1-9-7-10(2)21(18-9)6-4-5-20(3)8-11-17-12(19-22-11)13(14,15)16/h7H,4-6,8H2,1-3H3. The van der Waals surface area contributed by atoms with E-state index >= 15 is 0 Å².